The number of carbonyl (C=O) groups is 1. The molecule has 0 aromatic heterocycles. The van der Waals surface area contributed by atoms with Gasteiger partial charge in [-0.1, -0.05) is 84.9 Å². The first-order valence-corrected chi connectivity index (χ1v) is 8.71. The fourth-order valence-corrected chi connectivity index (χ4v) is 3.17. The Morgan fingerprint density at radius 2 is 1.42 bits per heavy atom. The van der Waals surface area contributed by atoms with E-state index in [0.29, 0.717) is 5.56 Å². The maximum atomic E-state index is 12.7. The summed E-state index contributed by atoms with van der Waals surface area (Å²) in [6.07, 6.45) is 5.82. The smallest absolute Gasteiger partial charge is 0.187 e. The van der Waals surface area contributed by atoms with E-state index in [2.05, 4.69) is 35.2 Å². The Balaban J connectivity index is 1.73. The zero-order chi connectivity index (χ0) is 17.8. The number of nitrogens with zero attached hydrogens (tertiary/aromatic N) is 1. The molecule has 0 radical (unpaired) electrons. The molecule has 1 aliphatic heterocycles. The van der Waals surface area contributed by atoms with E-state index in [4.69, 9.17) is 0 Å². The normalized spacial score (nSPS) is 14.3. The lowest BCUT2D eigenvalue weighted by molar-refractivity contribution is 0.104. The molecule has 4 rings (SSSR count). The molecule has 126 valence electrons. The van der Waals surface area contributed by atoms with Gasteiger partial charge in [0.25, 0.3) is 0 Å². The fourth-order valence-electron chi connectivity index (χ4n) is 3.17. The number of fused-ring (bicyclic) bond motifs is 1. The second-order valence-electron chi connectivity index (χ2n) is 6.26. The Kier molecular flexibility index (Phi) is 4.48. The summed E-state index contributed by atoms with van der Waals surface area (Å²) >= 11 is 0. The Labute approximate surface area is 153 Å². The standard InChI is InChI=1S/C24H19NO/c26-24(21-12-5-2-6-13-21)17-22-16-15-20-11-7-8-14-23(20)25(22)18-19-9-3-1-4-10-19/h1-17H,18H2/b22-17+. The molecule has 26 heavy (non-hydrogen) atoms. The molecule has 0 unspecified atom stereocenters. The molecule has 0 aliphatic carbocycles. The van der Waals surface area contributed by atoms with Crippen molar-refractivity contribution in [2.45, 2.75) is 6.54 Å². The molecule has 2 heteroatoms. The average molecular weight is 337 g/mol. The van der Waals surface area contributed by atoms with Crippen LogP contribution in [0.3, 0.4) is 0 Å². The van der Waals surface area contributed by atoms with Crippen molar-refractivity contribution in [2.24, 2.45) is 0 Å². The molecular formula is C24H19NO. The second-order valence-corrected chi connectivity index (χ2v) is 6.26. The minimum Gasteiger partial charge on any atom is -0.336 e. The molecule has 3 aromatic rings. The second kappa shape index (κ2) is 7.24. The largest absolute Gasteiger partial charge is 0.336 e. The predicted molar refractivity (Wildman–Crippen MR) is 107 cm³/mol. The van der Waals surface area contributed by atoms with Crippen LogP contribution in [-0.2, 0) is 6.54 Å². The van der Waals surface area contributed by atoms with Crippen LogP contribution < -0.4 is 4.90 Å². The molecule has 0 spiro atoms. The van der Waals surface area contributed by atoms with Gasteiger partial charge in [-0.05, 0) is 23.3 Å². The van der Waals surface area contributed by atoms with Gasteiger partial charge in [0.2, 0.25) is 0 Å². The van der Waals surface area contributed by atoms with Gasteiger partial charge in [-0.15, -0.1) is 0 Å². The van der Waals surface area contributed by atoms with Gasteiger partial charge in [0.15, 0.2) is 5.78 Å². The first-order chi connectivity index (χ1) is 12.8. The number of hydrogen-bond acceptors (Lipinski definition) is 2. The van der Waals surface area contributed by atoms with Gasteiger partial charge in [0.05, 0.1) is 0 Å². The quantitative estimate of drug-likeness (QED) is 0.464. The van der Waals surface area contributed by atoms with E-state index in [9.17, 15) is 4.79 Å². The summed E-state index contributed by atoms with van der Waals surface area (Å²) in [6.45, 7) is 0.718. The molecule has 0 amide bonds. The molecular weight excluding hydrogens is 318 g/mol. The molecule has 0 saturated heterocycles. The Hall–Kier alpha value is -3.39. The lowest BCUT2D eigenvalue weighted by Gasteiger charge is -2.30. The number of benzene rings is 3. The summed E-state index contributed by atoms with van der Waals surface area (Å²) in [4.78, 5) is 14.9. The zero-order valence-corrected chi connectivity index (χ0v) is 14.4. The summed E-state index contributed by atoms with van der Waals surface area (Å²) in [5.41, 5.74) is 5.09. The Bertz CT molecular complexity index is 971. The SMILES string of the molecule is O=C(/C=C1\C=Cc2ccccc2N1Cc1ccccc1)c1ccccc1. The number of para-hydroxylation sites is 1. The van der Waals surface area contributed by atoms with E-state index in [-0.39, 0.29) is 5.78 Å². The van der Waals surface area contributed by atoms with Crippen LogP contribution in [0.25, 0.3) is 6.08 Å². The summed E-state index contributed by atoms with van der Waals surface area (Å²) in [6, 6.07) is 28.0. The van der Waals surface area contributed by atoms with Crippen LogP contribution in [0.1, 0.15) is 21.5 Å². The minimum absolute atomic E-state index is 0.0164. The lowest BCUT2D eigenvalue weighted by Crippen LogP contribution is -2.24. The van der Waals surface area contributed by atoms with E-state index in [1.165, 1.54) is 5.56 Å². The van der Waals surface area contributed by atoms with Crippen molar-refractivity contribution < 1.29 is 4.79 Å². The Morgan fingerprint density at radius 1 is 0.769 bits per heavy atom. The highest BCUT2D eigenvalue weighted by atomic mass is 16.1. The van der Waals surface area contributed by atoms with Crippen molar-refractivity contribution in [3.63, 3.8) is 0 Å². The van der Waals surface area contributed by atoms with Crippen LogP contribution in [0.5, 0.6) is 0 Å². The van der Waals surface area contributed by atoms with Gasteiger partial charge >= 0.3 is 0 Å². The van der Waals surface area contributed by atoms with Gasteiger partial charge in [-0.3, -0.25) is 4.79 Å². The highest BCUT2D eigenvalue weighted by Crippen LogP contribution is 2.32. The van der Waals surface area contributed by atoms with Crippen LogP contribution in [0.2, 0.25) is 0 Å². The number of allylic oxidation sites excluding steroid dienone is 2. The minimum atomic E-state index is 0.0164. The van der Waals surface area contributed by atoms with E-state index >= 15 is 0 Å². The molecule has 1 heterocycles. The van der Waals surface area contributed by atoms with Crippen LogP contribution in [0.15, 0.2) is 103 Å². The maximum absolute atomic E-state index is 12.7. The predicted octanol–water partition coefficient (Wildman–Crippen LogP) is 5.49. The highest BCUT2D eigenvalue weighted by molar-refractivity contribution is 6.05. The molecule has 2 nitrogen and oxygen atoms in total. The van der Waals surface area contributed by atoms with Crippen molar-refractivity contribution in [2.75, 3.05) is 4.90 Å². The van der Waals surface area contributed by atoms with Crippen LogP contribution in [0, 0.1) is 0 Å². The topological polar surface area (TPSA) is 20.3 Å². The zero-order valence-electron chi connectivity index (χ0n) is 14.4. The van der Waals surface area contributed by atoms with Crippen molar-refractivity contribution in [1.82, 2.24) is 0 Å². The molecule has 0 N–H and O–H groups in total. The van der Waals surface area contributed by atoms with Crippen molar-refractivity contribution >= 4 is 17.5 Å². The first kappa shape index (κ1) is 16.1. The van der Waals surface area contributed by atoms with Crippen molar-refractivity contribution in [3.05, 3.63) is 119 Å². The number of hydrogen-bond donors (Lipinski definition) is 0. The number of ketones is 1. The van der Waals surface area contributed by atoms with Crippen molar-refractivity contribution in [3.8, 4) is 0 Å². The van der Waals surface area contributed by atoms with Gasteiger partial charge in [-0.2, -0.15) is 0 Å². The fraction of sp³-hybridized carbons (Fsp3) is 0.0417. The van der Waals surface area contributed by atoms with Crippen LogP contribution in [0.4, 0.5) is 5.69 Å². The number of rotatable bonds is 4. The van der Waals surface area contributed by atoms with Gasteiger partial charge < -0.3 is 4.90 Å². The number of anilines is 1. The summed E-state index contributed by atoms with van der Waals surface area (Å²) in [5.74, 6) is 0.0164. The average Bonchev–Trinajstić information content (AvgIpc) is 2.71. The van der Waals surface area contributed by atoms with Crippen LogP contribution >= 0.6 is 0 Å². The third-order valence-corrected chi connectivity index (χ3v) is 4.49. The lowest BCUT2D eigenvalue weighted by atomic mass is 10.0. The molecule has 0 atom stereocenters. The Morgan fingerprint density at radius 3 is 2.19 bits per heavy atom. The summed E-state index contributed by atoms with van der Waals surface area (Å²) < 4.78 is 0. The monoisotopic (exact) mass is 337 g/mol. The van der Waals surface area contributed by atoms with E-state index in [1.807, 2.05) is 66.7 Å². The summed E-state index contributed by atoms with van der Waals surface area (Å²) in [5, 5.41) is 0. The maximum Gasteiger partial charge on any atom is 0.187 e. The van der Waals surface area contributed by atoms with Gasteiger partial charge in [0, 0.05) is 29.6 Å². The van der Waals surface area contributed by atoms with Crippen LogP contribution in [-0.4, -0.2) is 5.78 Å². The summed E-state index contributed by atoms with van der Waals surface area (Å²) in [7, 11) is 0. The highest BCUT2D eigenvalue weighted by Gasteiger charge is 2.18. The van der Waals surface area contributed by atoms with Gasteiger partial charge in [0.1, 0.15) is 0 Å². The van der Waals surface area contributed by atoms with Gasteiger partial charge in [-0.25, -0.2) is 0 Å². The third kappa shape index (κ3) is 3.35. The molecule has 0 bridgehead atoms. The number of carbonyl (C=O) groups excluding carboxylic acids is 1. The van der Waals surface area contributed by atoms with E-state index in [0.717, 1.165) is 23.5 Å². The third-order valence-electron chi connectivity index (χ3n) is 4.49. The molecule has 0 saturated carbocycles. The molecule has 0 fully saturated rings. The first-order valence-electron chi connectivity index (χ1n) is 8.71. The molecule has 1 aliphatic rings. The van der Waals surface area contributed by atoms with E-state index < -0.39 is 0 Å². The van der Waals surface area contributed by atoms with Crippen molar-refractivity contribution in [1.29, 1.82) is 0 Å². The van der Waals surface area contributed by atoms with E-state index in [1.54, 1.807) is 6.08 Å². The molecule has 3 aromatic carbocycles.